The van der Waals surface area contributed by atoms with Crippen LogP contribution in [0.4, 0.5) is 0 Å². The van der Waals surface area contributed by atoms with E-state index in [0.29, 0.717) is 6.42 Å². The van der Waals surface area contributed by atoms with Crippen LogP contribution < -0.4 is 11.1 Å². The normalized spacial score (nSPS) is 36.6. The Hall–Kier alpha value is -0.620. The maximum atomic E-state index is 11.9. The molecule has 2 aliphatic rings. The Morgan fingerprint density at radius 1 is 1.24 bits per heavy atom. The second kappa shape index (κ2) is 4.94. The molecular weight excluding hydrogens is 240 g/mol. The summed E-state index contributed by atoms with van der Waals surface area (Å²) < 4.78 is 22.9. The van der Waals surface area contributed by atoms with Crippen molar-refractivity contribution in [2.75, 3.05) is 11.5 Å². The van der Waals surface area contributed by atoms with Crippen LogP contribution in [0.2, 0.25) is 0 Å². The molecule has 0 aromatic heterocycles. The highest BCUT2D eigenvalue weighted by molar-refractivity contribution is 7.91. The van der Waals surface area contributed by atoms with Crippen LogP contribution in [0.1, 0.15) is 32.1 Å². The highest BCUT2D eigenvalue weighted by atomic mass is 32.2. The van der Waals surface area contributed by atoms with Crippen molar-refractivity contribution in [3.63, 3.8) is 0 Å². The Kier molecular flexibility index (Phi) is 3.73. The first-order valence-electron chi connectivity index (χ1n) is 6.22. The smallest absolute Gasteiger partial charge is 0.223 e. The van der Waals surface area contributed by atoms with Crippen LogP contribution in [0.25, 0.3) is 0 Å². The summed E-state index contributed by atoms with van der Waals surface area (Å²) in [4.78, 5) is 11.9. The molecule has 0 aromatic carbocycles. The van der Waals surface area contributed by atoms with E-state index in [1.165, 1.54) is 0 Å². The van der Waals surface area contributed by atoms with Gasteiger partial charge in [-0.1, -0.05) is 0 Å². The third-order valence-electron chi connectivity index (χ3n) is 3.65. The number of nitrogens with two attached hydrogens (primary N) is 1. The summed E-state index contributed by atoms with van der Waals surface area (Å²) in [6.07, 6.45) is 3.86. The minimum atomic E-state index is -2.95. The van der Waals surface area contributed by atoms with Gasteiger partial charge in [0.2, 0.25) is 5.91 Å². The lowest BCUT2D eigenvalue weighted by Crippen LogP contribution is -2.45. The molecule has 1 aliphatic carbocycles. The Labute approximate surface area is 102 Å². The van der Waals surface area contributed by atoms with Crippen molar-refractivity contribution in [3.8, 4) is 0 Å². The SMILES string of the molecule is NC1CCC(C(=O)NC2CCCS(=O)(=O)C2)C1. The first kappa shape index (κ1) is 12.8. The Balaban J connectivity index is 1.86. The molecule has 0 bridgehead atoms. The Morgan fingerprint density at radius 2 is 2.00 bits per heavy atom. The van der Waals surface area contributed by atoms with E-state index in [9.17, 15) is 13.2 Å². The summed E-state index contributed by atoms with van der Waals surface area (Å²) >= 11 is 0. The van der Waals surface area contributed by atoms with E-state index < -0.39 is 9.84 Å². The number of carbonyl (C=O) groups excluding carboxylic acids is 1. The molecule has 0 radical (unpaired) electrons. The molecule has 2 rings (SSSR count). The molecule has 2 fully saturated rings. The second-order valence-electron chi connectivity index (χ2n) is 5.23. The molecule has 0 spiro atoms. The van der Waals surface area contributed by atoms with Gasteiger partial charge in [-0.05, 0) is 32.1 Å². The number of hydrogen-bond acceptors (Lipinski definition) is 4. The molecule has 98 valence electrons. The largest absolute Gasteiger partial charge is 0.352 e. The fraction of sp³-hybridized carbons (Fsp3) is 0.909. The van der Waals surface area contributed by atoms with Crippen molar-refractivity contribution >= 4 is 15.7 Å². The molecule has 0 aromatic rings. The monoisotopic (exact) mass is 260 g/mol. The standard InChI is InChI=1S/C11H20N2O3S/c12-9-4-3-8(6-9)11(14)13-10-2-1-5-17(15,16)7-10/h8-10H,1-7,12H2,(H,13,14). The number of nitrogens with one attached hydrogen (secondary N) is 1. The van der Waals surface area contributed by atoms with Crippen molar-refractivity contribution in [1.82, 2.24) is 5.32 Å². The average molecular weight is 260 g/mol. The van der Waals surface area contributed by atoms with Crippen molar-refractivity contribution in [2.24, 2.45) is 11.7 Å². The number of sulfone groups is 1. The molecule has 3 atom stereocenters. The van der Waals surface area contributed by atoms with E-state index in [1.54, 1.807) is 0 Å². The Morgan fingerprint density at radius 3 is 2.59 bits per heavy atom. The zero-order valence-electron chi connectivity index (χ0n) is 9.89. The molecule has 1 amide bonds. The van der Waals surface area contributed by atoms with E-state index in [-0.39, 0.29) is 35.4 Å². The van der Waals surface area contributed by atoms with Crippen LogP contribution >= 0.6 is 0 Å². The van der Waals surface area contributed by atoms with Gasteiger partial charge in [0, 0.05) is 18.0 Å². The summed E-state index contributed by atoms with van der Waals surface area (Å²) in [5.74, 6) is 0.320. The first-order chi connectivity index (χ1) is 7.96. The van der Waals surface area contributed by atoms with Crippen LogP contribution in [0.5, 0.6) is 0 Å². The predicted octanol–water partition coefficient (Wildman–Crippen LogP) is -0.193. The van der Waals surface area contributed by atoms with E-state index >= 15 is 0 Å². The molecule has 5 nitrogen and oxygen atoms in total. The molecule has 1 saturated carbocycles. The number of amides is 1. The number of rotatable bonds is 2. The van der Waals surface area contributed by atoms with Crippen molar-refractivity contribution in [2.45, 2.75) is 44.2 Å². The van der Waals surface area contributed by atoms with Crippen LogP contribution in [-0.4, -0.2) is 37.9 Å². The van der Waals surface area contributed by atoms with Gasteiger partial charge in [-0.25, -0.2) is 8.42 Å². The predicted molar refractivity (Wildman–Crippen MR) is 65.1 cm³/mol. The molecule has 3 N–H and O–H groups in total. The Bertz CT molecular complexity index is 394. The highest BCUT2D eigenvalue weighted by Gasteiger charge is 2.31. The zero-order valence-corrected chi connectivity index (χ0v) is 10.7. The van der Waals surface area contributed by atoms with Crippen molar-refractivity contribution in [1.29, 1.82) is 0 Å². The third-order valence-corrected chi connectivity index (χ3v) is 5.47. The zero-order chi connectivity index (χ0) is 12.5. The fourth-order valence-corrected chi connectivity index (χ4v) is 4.35. The molecule has 6 heteroatoms. The van der Waals surface area contributed by atoms with E-state index in [0.717, 1.165) is 25.7 Å². The van der Waals surface area contributed by atoms with Gasteiger partial charge in [0.15, 0.2) is 9.84 Å². The lowest BCUT2D eigenvalue weighted by atomic mass is 10.1. The maximum Gasteiger partial charge on any atom is 0.223 e. The lowest BCUT2D eigenvalue weighted by molar-refractivity contribution is -0.125. The summed E-state index contributed by atoms with van der Waals surface area (Å²) in [5, 5.41) is 2.86. The van der Waals surface area contributed by atoms with Crippen LogP contribution in [0.3, 0.4) is 0 Å². The maximum absolute atomic E-state index is 11.9. The van der Waals surface area contributed by atoms with Gasteiger partial charge in [0.25, 0.3) is 0 Å². The van der Waals surface area contributed by atoms with Gasteiger partial charge in [-0.3, -0.25) is 4.79 Å². The number of carbonyl (C=O) groups is 1. The summed E-state index contributed by atoms with van der Waals surface area (Å²) in [6.45, 7) is 0. The molecule has 17 heavy (non-hydrogen) atoms. The summed E-state index contributed by atoms with van der Waals surface area (Å²) in [6, 6.07) is -0.0705. The first-order valence-corrected chi connectivity index (χ1v) is 8.05. The van der Waals surface area contributed by atoms with E-state index in [1.807, 2.05) is 0 Å². The molecule has 1 aliphatic heterocycles. The van der Waals surface area contributed by atoms with Gasteiger partial charge in [0.05, 0.1) is 11.5 Å². The summed E-state index contributed by atoms with van der Waals surface area (Å²) in [7, 11) is -2.95. The second-order valence-corrected chi connectivity index (χ2v) is 7.46. The van der Waals surface area contributed by atoms with Gasteiger partial charge in [0.1, 0.15) is 0 Å². The molecule has 1 saturated heterocycles. The molecular formula is C11H20N2O3S. The van der Waals surface area contributed by atoms with Gasteiger partial charge in [-0.2, -0.15) is 0 Å². The highest BCUT2D eigenvalue weighted by Crippen LogP contribution is 2.24. The van der Waals surface area contributed by atoms with Crippen LogP contribution in [0, 0.1) is 5.92 Å². The lowest BCUT2D eigenvalue weighted by Gasteiger charge is -2.24. The van der Waals surface area contributed by atoms with Gasteiger partial charge in [-0.15, -0.1) is 0 Å². The minimum absolute atomic E-state index is 0.0138. The minimum Gasteiger partial charge on any atom is -0.352 e. The quantitative estimate of drug-likeness (QED) is 0.720. The fourth-order valence-electron chi connectivity index (χ4n) is 2.71. The topological polar surface area (TPSA) is 89.3 Å². The molecule has 3 unspecified atom stereocenters. The van der Waals surface area contributed by atoms with E-state index in [4.69, 9.17) is 5.73 Å². The van der Waals surface area contributed by atoms with E-state index in [2.05, 4.69) is 5.32 Å². The van der Waals surface area contributed by atoms with Crippen molar-refractivity contribution < 1.29 is 13.2 Å². The van der Waals surface area contributed by atoms with Crippen molar-refractivity contribution in [3.05, 3.63) is 0 Å². The third kappa shape index (κ3) is 3.42. The van der Waals surface area contributed by atoms with Crippen LogP contribution in [0.15, 0.2) is 0 Å². The van der Waals surface area contributed by atoms with Gasteiger partial charge < -0.3 is 11.1 Å². The van der Waals surface area contributed by atoms with Crippen LogP contribution in [-0.2, 0) is 14.6 Å². The summed E-state index contributed by atoms with van der Waals surface area (Å²) in [5.41, 5.74) is 5.76. The number of hydrogen-bond donors (Lipinski definition) is 2. The molecule has 1 heterocycles. The van der Waals surface area contributed by atoms with Gasteiger partial charge >= 0.3 is 0 Å². The average Bonchev–Trinajstić information content (AvgIpc) is 2.63.